The largest absolute Gasteiger partial charge is 0.392 e. The summed E-state index contributed by atoms with van der Waals surface area (Å²) in [5.41, 5.74) is 5.45. The lowest BCUT2D eigenvalue weighted by atomic mass is 9.74. The van der Waals surface area contributed by atoms with Crippen LogP contribution in [-0.4, -0.2) is 52.4 Å². The Bertz CT molecular complexity index is 408. The van der Waals surface area contributed by atoms with E-state index in [9.17, 15) is 4.79 Å². The Morgan fingerprint density at radius 1 is 1.10 bits per heavy atom. The first-order chi connectivity index (χ1) is 9.77. The molecule has 5 heteroatoms. The molecule has 0 spiro atoms. The lowest BCUT2D eigenvalue weighted by molar-refractivity contribution is -0.145. The molecule has 2 N–H and O–H groups in total. The van der Waals surface area contributed by atoms with Gasteiger partial charge < -0.3 is 10.6 Å². The molecule has 2 fully saturated rings. The smallest absolute Gasteiger partial charge is 0.228 e. The number of hydrogen-bond acceptors (Lipinski definition) is 3. The fourth-order valence-electron chi connectivity index (χ4n) is 3.55. The van der Waals surface area contributed by atoms with Gasteiger partial charge in [-0.05, 0) is 26.7 Å². The molecule has 1 amide bonds. The molecule has 1 saturated heterocycles. The zero-order valence-electron chi connectivity index (χ0n) is 13.7. The fourth-order valence-corrected chi connectivity index (χ4v) is 3.68. The summed E-state index contributed by atoms with van der Waals surface area (Å²) < 4.78 is 0. The van der Waals surface area contributed by atoms with Gasteiger partial charge in [-0.25, -0.2) is 0 Å². The second-order valence-electron chi connectivity index (χ2n) is 7.32. The van der Waals surface area contributed by atoms with Gasteiger partial charge in [-0.15, -0.1) is 0 Å². The first kappa shape index (κ1) is 16.7. The van der Waals surface area contributed by atoms with Crippen molar-refractivity contribution in [3.05, 3.63) is 0 Å². The molecule has 120 valence electrons. The van der Waals surface area contributed by atoms with Gasteiger partial charge in [0.25, 0.3) is 0 Å². The molecular formula is C16H29N3OS. The van der Waals surface area contributed by atoms with Crippen LogP contribution in [0.25, 0.3) is 0 Å². The van der Waals surface area contributed by atoms with Gasteiger partial charge in [-0.2, -0.15) is 0 Å². The molecule has 2 rings (SSSR count). The van der Waals surface area contributed by atoms with Crippen LogP contribution in [0.5, 0.6) is 0 Å². The van der Waals surface area contributed by atoms with Gasteiger partial charge in [0, 0.05) is 31.6 Å². The van der Waals surface area contributed by atoms with Crippen molar-refractivity contribution < 1.29 is 4.79 Å². The van der Waals surface area contributed by atoms with Crippen LogP contribution in [0.3, 0.4) is 0 Å². The number of piperazine rings is 1. The Labute approximate surface area is 134 Å². The first-order valence-corrected chi connectivity index (χ1v) is 8.52. The van der Waals surface area contributed by atoms with Gasteiger partial charge in [0.15, 0.2) is 0 Å². The third kappa shape index (κ3) is 3.39. The monoisotopic (exact) mass is 311 g/mol. The van der Waals surface area contributed by atoms with Crippen LogP contribution >= 0.6 is 12.2 Å². The number of amides is 1. The minimum Gasteiger partial charge on any atom is -0.392 e. The van der Waals surface area contributed by atoms with E-state index in [-0.39, 0.29) is 11.0 Å². The molecule has 2 aliphatic rings. The normalized spacial score (nSPS) is 23.9. The van der Waals surface area contributed by atoms with Crippen molar-refractivity contribution in [2.45, 2.75) is 58.4 Å². The molecule has 0 aromatic heterocycles. The molecule has 21 heavy (non-hydrogen) atoms. The highest BCUT2D eigenvalue weighted by Crippen LogP contribution is 2.37. The SMILES string of the molecule is CC1(C(=O)N2CCN(C(C)(C)C(N)=S)CC2)CCCCC1. The molecule has 0 unspecified atom stereocenters. The summed E-state index contributed by atoms with van der Waals surface area (Å²) in [7, 11) is 0. The van der Waals surface area contributed by atoms with E-state index in [4.69, 9.17) is 18.0 Å². The molecule has 1 aliphatic heterocycles. The Morgan fingerprint density at radius 2 is 1.62 bits per heavy atom. The van der Waals surface area contributed by atoms with Gasteiger partial charge in [0.2, 0.25) is 5.91 Å². The average Bonchev–Trinajstić information content (AvgIpc) is 2.47. The summed E-state index contributed by atoms with van der Waals surface area (Å²) in [5.74, 6) is 0.356. The quantitative estimate of drug-likeness (QED) is 0.812. The van der Waals surface area contributed by atoms with Crippen LogP contribution < -0.4 is 5.73 Å². The third-order valence-electron chi connectivity index (χ3n) is 5.43. The Balaban J connectivity index is 1.95. The summed E-state index contributed by atoms with van der Waals surface area (Å²) in [6.07, 6.45) is 5.75. The molecule has 0 atom stereocenters. The molecule has 0 radical (unpaired) electrons. The van der Waals surface area contributed by atoms with Gasteiger partial charge in [0.1, 0.15) is 0 Å². The van der Waals surface area contributed by atoms with Crippen molar-refractivity contribution in [3.8, 4) is 0 Å². The van der Waals surface area contributed by atoms with Gasteiger partial charge in [0.05, 0.1) is 10.5 Å². The minimum absolute atomic E-state index is 0.126. The van der Waals surface area contributed by atoms with Crippen molar-refractivity contribution in [2.75, 3.05) is 26.2 Å². The number of carbonyl (C=O) groups is 1. The van der Waals surface area contributed by atoms with Crippen LogP contribution in [0.15, 0.2) is 0 Å². The summed E-state index contributed by atoms with van der Waals surface area (Å²) in [4.78, 5) is 17.7. The van der Waals surface area contributed by atoms with Crippen molar-refractivity contribution in [1.82, 2.24) is 9.80 Å². The Hall–Kier alpha value is -0.680. The zero-order valence-corrected chi connectivity index (χ0v) is 14.5. The summed E-state index contributed by atoms with van der Waals surface area (Å²) in [5, 5.41) is 0. The predicted octanol–water partition coefficient (Wildman–Crippen LogP) is 2.17. The van der Waals surface area contributed by atoms with Gasteiger partial charge in [-0.1, -0.05) is 38.4 Å². The number of nitrogens with zero attached hydrogens (tertiary/aromatic N) is 2. The number of hydrogen-bond donors (Lipinski definition) is 1. The first-order valence-electron chi connectivity index (χ1n) is 8.12. The summed E-state index contributed by atoms with van der Waals surface area (Å²) in [6.45, 7) is 9.57. The molecule has 0 aromatic carbocycles. The highest BCUT2D eigenvalue weighted by molar-refractivity contribution is 7.80. The van der Waals surface area contributed by atoms with E-state index in [1.54, 1.807) is 0 Å². The Morgan fingerprint density at radius 3 is 2.10 bits per heavy atom. The third-order valence-corrected chi connectivity index (χ3v) is 5.93. The van der Waals surface area contributed by atoms with Crippen LogP contribution in [-0.2, 0) is 4.79 Å². The number of nitrogens with two attached hydrogens (primary N) is 1. The Kier molecular flexibility index (Phi) is 4.93. The second-order valence-corrected chi connectivity index (χ2v) is 7.76. The van der Waals surface area contributed by atoms with Crippen molar-refractivity contribution in [1.29, 1.82) is 0 Å². The van der Waals surface area contributed by atoms with E-state index in [0.29, 0.717) is 10.9 Å². The maximum Gasteiger partial charge on any atom is 0.228 e. The van der Waals surface area contributed by atoms with Crippen LogP contribution in [0.2, 0.25) is 0 Å². The lowest BCUT2D eigenvalue weighted by Crippen LogP contribution is -2.61. The van der Waals surface area contributed by atoms with Gasteiger partial charge in [-0.3, -0.25) is 9.69 Å². The highest BCUT2D eigenvalue weighted by Gasteiger charge is 2.40. The van der Waals surface area contributed by atoms with Crippen LogP contribution in [0.1, 0.15) is 52.9 Å². The maximum atomic E-state index is 12.8. The number of rotatable bonds is 3. The van der Waals surface area contributed by atoms with E-state index in [1.165, 1.54) is 19.3 Å². The van der Waals surface area contributed by atoms with E-state index < -0.39 is 0 Å². The number of thiocarbonyl (C=S) groups is 1. The second kappa shape index (κ2) is 6.21. The molecular weight excluding hydrogens is 282 g/mol. The average molecular weight is 311 g/mol. The topological polar surface area (TPSA) is 49.6 Å². The van der Waals surface area contributed by atoms with E-state index in [1.807, 2.05) is 0 Å². The molecule has 0 bridgehead atoms. The summed E-state index contributed by atoms with van der Waals surface area (Å²) >= 11 is 5.17. The van der Waals surface area contributed by atoms with E-state index >= 15 is 0 Å². The zero-order chi connectivity index (χ0) is 15.7. The van der Waals surface area contributed by atoms with Crippen LogP contribution in [0, 0.1) is 5.41 Å². The van der Waals surface area contributed by atoms with E-state index in [2.05, 4.69) is 30.6 Å². The van der Waals surface area contributed by atoms with E-state index in [0.717, 1.165) is 39.0 Å². The number of carbonyl (C=O) groups excluding carboxylic acids is 1. The predicted molar refractivity (Wildman–Crippen MR) is 90.2 cm³/mol. The van der Waals surface area contributed by atoms with Crippen LogP contribution in [0.4, 0.5) is 0 Å². The standard InChI is InChI=1S/C16H29N3OS/c1-15(2,13(17)21)19-11-9-18(10-12-19)14(20)16(3)7-5-4-6-8-16/h4-12H2,1-3H3,(H2,17,21). The molecule has 1 heterocycles. The molecule has 1 saturated carbocycles. The summed E-state index contributed by atoms with van der Waals surface area (Å²) in [6, 6.07) is 0. The van der Waals surface area contributed by atoms with Crippen molar-refractivity contribution >= 4 is 23.1 Å². The maximum absolute atomic E-state index is 12.8. The highest BCUT2D eigenvalue weighted by atomic mass is 32.1. The minimum atomic E-state index is -0.265. The lowest BCUT2D eigenvalue weighted by Gasteiger charge is -2.45. The molecule has 4 nitrogen and oxygen atoms in total. The fraction of sp³-hybridized carbons (Fsp3) is 0.875. The van der Waals surface area contributed by atoms with Crippen molar-refractivity contribution in [3.63, 3.8) is 0 Å². The van der Waals surface area contributed by atoms with Gasteiger partial charge >= 0.3 is 0 Å². The molecule has 1 aliphatic carbocycles. The van der Waals surface area contributed by atoms with Crippen molar-refractivity contribution in [2.24, 2.45) is 11.1 Å². The molecule has 0 aromatic rings.